The zero-order valence-electron chi connectivity index (χ0n) is 11.5. The molecule has 0 atom stereocenters. The molecule has 0 bridgehead atoms. The minimum absolute atomic E-state index is 0. The molecule has 0 spiro atoms. The van der Waals surface area contributed by atoms with Gasteiger partial charge in [0.25, 0.3) is 0 Å². The van der Waals surface area contributed by atoms with E-state index in [1.807, 2.05) is 0 Å². The van der Waals surface area contributed by atoms with Crippen molar-refractivity contribution in [3.05, 3.63) is 0 Å². The molecule has 0 aliphatic carbocycles. The van der Waals surface area contributed by atoms with Crippen LogP contribution in [0.2, 0.25) is 0 Å². The van der Waals surface area contributed by atoms with Crippen LogP contribution in [0.25, 0.3) is 0 Å². The van der Waals surface area contributed by atoms with Crippen molar-refractivity contribution in [1.82, 2.24) is 9.80 Å². The second-order valence-electron chi connectivity index (χ2n) is 4.11. The Bertz CT molecular complexity index is 321. The first-order valence-electron chi connectivity index (χ1n) is 5.63. The predicted octanol–water partition coefficient (Wildman–Crippen LogP) is -5.41. The summed E-state index contributed by atoms with van der Waals surface area (Å²) in [5.41, 5.74) is 0. The largest absolute Gasteiger partial charge is 0.564 e. The Labute approximate surface area is 132 Å². The number of rotatable bonds is 11. The summed E-state index contributed by atoms with van der Waals surface area (Å²) in [4.78, 5) is 45.3. The predicted molar refractivity (Wildman–Crippen MR) is 67.4 cm³/mol. The van der Waals surface area contributed by atoms with Crippen LogP contribution in [0.4, 0.5) is 0 Å². The molecule has 0 aromatic carbocycles. The summed E-state index contributed by atoms with van der Waals surface area (Å²) in [6, 6.07) is 0. The molecule has 0 aromatic heterocycles. The molecule has 21 heavy (non-hydrogen) atoms. The third-order valence-electron chi connectivity index (χ3n) is 2.20. The molecule has 0 aliphatic heterocycles. The van der Waals surface area contributed by atoms with Gasteiger partial charge >= 0.3 is 23.9 Å². The molecule has 0 amide bonds. The van der Waals surface area contributed by atoms with Gasteiger partial charge in [0.2, 0.25) is 0 Å². The van der Waals surface area contributed by atoms with Crippen molar-refractivity contribution in [3.8, 4) is 0 Å². The van der Waals surface area contributed by atoms with Crippen molar-refractivity contribution in [2.45, 2.75) is 0 Å². The van der Waals surface area contributed by atoms with E-state index in [2.05, 4.69) is 0 Å². The molecule has 0 saturated carbocycles. The minimum Gasteiger partial charge on any atom is -0.564 e. The summed E-state index contributed by atoms with van der Waals surface area (Å²) < 4.78 is 0. The molecule has 0 heterocycles. The van der Waals surface area contributed by atoms with Gasteiger partial charge in [0.05, 0.1) is 0 Å². The van der Waals surface area contributed by atoms with Crippen LogP contribution in [-0.2, 0) is 38.7 Å². The van der Waals surface area contributed by atoms with Gasteiger partial charge in [-0.25, -0.2) is 0 Å². The number of nitrogens with zero attached hydrogens (tertiary/aromatic N) is 2. The van der Waals surface area contributed by atoms with Crippen molar-refractivity contribution in [2.75, 3.05) is 39.3 Å². The first kappa shape index (κ1) is 21.7. The van der Waals surface area contributed by atoms with E-state index < -0.39 is 23.9 Å². The summed E-state index contributed by atoms with van der Waals surface area (Å²) >= 11 is 0. The van der Waals surface area contributed by atoms with Gasteiger partial charge in [-0.1, -0.05) is 0 Å². The molecule has 0 saturated heterocycles. The standard InChI is InChI=1S/C10H16N2O8.Zn/c13-7(14)3-11(4-8(15)16)1-2-12(5-9(17)18)6-10(19)20;/h1-6H2,(H,13,14)(H,15,16)(H,17,18)(H,19,20);/p+4. The molecule has 10 nitrogen and oxygen atoms in total. The molecule has 116 valence electrons. The van der Waals surface area contributed by atoms with Gasteiger partial charge in [0, 0.05) is 51.7 Å². The van der Waals surface area contributed by atoms with E-state index in [-0.39, 0.29) is 58.7 Å². The number of hydrogen-bond acceptors (Lipinski definition) is 6. The maximum atomic E-state index is 10.7. The van der Waals surface area contributed by atoms with Gasteiger partial charge in [-0.2, -0.15) is 0 Å². The van der Waals surface area contributed by atoms with Crippen LogP contribution >= 0.6 is 0 Å². The van der Waals surface area contributed by atoms with Gasteiger partial charge in [-0.3, -0.25) is 9.80 Å². The first-order valence-corrected chi connectivity index (χ1v) is 5.63. The van der Waals surface area contributed by atoms with Gasteiger partial charge in [0.15, 0.2) is 26.2 Å². The molecule has 0 rings (SSSR count). The zero-order valence-corrected chi connectivity index (χ0v) is 14.4. The van der Waals surface area contributed by atoms with Crippen LogP contribution in [0.15, 0.2) is 0 Å². The average Bonchev–Trinajstić information content (AvgIpc) is 2.22. The second-order valence-corrected chi connectivity index (χ2v) is 4.11. The Morgan fingerprint density at radius 2 is 0.762 bits per heavy atom. The fraction of sp³-hybridized carbons (Fsp3) is 0.600. The third kappa shape index (κ3) is 13.2. The molecular weight excluding hydrogens is 342 g/mol. The van der Waals surface area contributed by atoms with Crippen molar-refractivity contribution in [3.63, 3.8) is 0 Å². The van der Waals surface area contributed by atoms with E-state index >= 15 is 0 Å². The van der Waals surface area contributed by atoms with Gasteiger partial charge in [-0.15, -0.1) is 0 Å². The molecule has 0 unspecified atom stereocenters. The summed E-state index contributed by atoms with van der Waals surface area (Å²) in [5.74, 6) is -3.70. The minimum atomic E-state index is -0.925. The first-order chi connectivity index (χ1) is 9.20. The quantitative estimate of drug-likeness (QED) is 0.263. The Morgan fingerprint density at radius 3 is 0.905 bits per heavy atom. The van der Waals surface area contributed by atoms with Gasteiger partial charge < -0.3 is 20.4 Å². The maximum absolute atomic E-state index is 10.7. The van der Waals surface area contributed by atoms with Gasteiger partial charge in [0.1, 0.15) is 0 Å². The fourth-order valence-corrected chi connectivity index (χ4v) is 1.52. The van der Waals surface area contributed by atoms with Gasteiger partial charge in [-0.05, 0) is 0 Å². The number of hydrogen-bond donors (Lipinski definition) is 0. The zero-order chi connectivity index (χ0) is 15.7. The normalized spacial score (nSPS) is 10.2. The summed E-state index contributed by atoms with van der Waals surface area (Å²) in [5, 5.41) is 27.3. The smallest absolute Gasteiger partial charge is 0.530 e. The van der Waals surface area contributed by atoms with Crippen LogP contribution in [0.1, 0.15) is 0 Å². The molecule has 0 radical (unpaired) electrons. The van der Waals surface area contributed by atoms with E-state index in [9.17, 15) is 19.2 Å². The van der Waals surface area contributed by atoms with Crippen molar-refractivity contribution < 1.29 is 59.1 Å². The molecular formula is C10H20N2O8Zn+4. The second kappa shape index (κ2) is 11.1. The monoisotopic (exact) mass is 360 g/mol. The Hall–Kier alpha value is -1.58. The SMILES string of the molecule is O=C([OH2+])CN(CCN(CC(=O)[OH2+])CC(=O)[OH2+])CC(=O)[OH2+].[Zn]. The summed E-state index contributed by atoms with van der Waals surface area (Å²) in [6.07, 6.45) is 0. The van der Waals surface area contributed by atoms with Crippen LogP contribution in [0.3, 0.4) is 0 Å². The van der Waals surface area contributed by atoms with E-state index in [0.717, 1.165) is 0 Å². The fourth-order valence-electron chi connectivity index (χ4n) is 1.52. The molecule has 8 N–H and O–H groups in total. The Balaban J connectivity index is 0. The Kier molecular flexibility index (Phi) is 11.5. The third-order valence-corrected chi connectivity index (χ3v) is 2.20. The number of carbonyl (C=O) groups is 4. The maximum Gasteiger partial charge on any atom is 0.530 e. The van der Waals surface area contributed by atoms with Crippen LogP contribution in [0.5, 0.6) is 0 Å². The molecule has 0 fully saturated rings. The summed E-state index contributed by atoms with van der Waals surface area (Å²) in [7, 11) is 0. The van der Waals surface area contributed by atoms with Crippen molar-refractivity contribution in [1.29, 1.82) is 0 Å². The molecule has 0 aliphatic rings. The van der Waals surface area contributed by atoms with E-state index in [4.69, 9.17) is 20.4 Å². The Morgan fingerprint density at radius 1 is 0.571 bits per heavy atom. The molecule has 0 aromatic rings. The van der Waals surface area contributed by atoms with Crippen LogP contribution in [0, 0.1) is 0 Å². The van der Waals surface area contributed by atoms with Crippen molar-refractivity contribution in [2.24, 2.45) is 0 Å². The van der Waals surface area contributed by atoms with E-state index in [1.54, 1.807) is 0 Å². The van der Waals surface area contributed by atoms with Crippen LogP contribution < -0.4 is 0 Å². The van der Waals surface area contributed by atoms with Crippen LogP contribution in [-0.4, -0.2) is 93.4 Å². The summed E-state index contributed by atoms with van der Waals surface area (Å²) in [6.45, 7) is -1.25. The van der Waals surface area contributed by atoms with E-state index in [0.29, 0.717) is 0 Å². The van der Waals surface area contributed by atoms with Crippen molar-refractivity contribution >= 4 is 23.9 Å². The number of carbonyl (C=O) groups excluding carboxylic acids is 4. The molecule has 11 heteroatoms. The topological polar surface area (TPSA) is 166 Å². The van der Waals surface area contributed by atoms with E-state index in [1.165, 1.54) is 9.80 Å². The average molecular weight is 362 g/mol.